The number of benzene rings is 2. The second-order valence-electron chi connectivity index (χ2n) is 6.16. The van der Waals surface area contributed by atoms with Crippen LogP contribution in [-0.4, -0.2) is 36.9 Å². The van der Waals surface area contributed by atoms with Crippen molar-refractivity contribution in [1.29, 1.82) is 0 Å². The molecule has 2 aromatic carbocycles. The van der Waals surface area contributed by atoms with Crippen molar-refractivity contribution in [1.82, 2.24) is 20.4 Å². The molecule has 29 heavy (non-hydrogen) atoms. The van der Waals surface area contributed by atoms with Gasteiger partial charge in [-0.25, -0.2) is 18.5 Å². The topological polar surface area (TPSA) is 145 Å². The van der Waals surface area contributed by atoms with E-state index in [4.69, 9.17) is 9.88 Å². The molecule has 0 aliphatic heterocycles. The third kappa shape index (κ3) is 4.36. The van der Waals surface area contributed by atoms with Crippen LogP contribution in [0.15, 0.2) is 47.4 Å². The molecule has 10 nitrogen and oxygen atoms in total. The Morgan fingerprint density at radius 2 is 1.90 bits per heavy atom. The Hall–Kier alpha value is -3.44. The van der Waals surface area contributed by atoms with E-state index in [1.54, 1.807) is 11.6 Å². The fourth-order valence-corrected chi connectivity index (χ4v) is 3.32. The van der Waals surface area contributed by atoms with Gasteiger partial charge in [-0.3, -0.25) is 20.4 Å². The van der Waals surface area contributed by atoms with Gasteiger partial charge in [-0.05, 0) is 30.3 Å². The van der Waals surface area contributed by atoms with Gasteiger partial charge in [0.2, 0.25) is 15.9 Å². The van der Waals surface area contributed by atoms with Gasteiger partial charge in [0.1, 0.15) is 11.6 Å². The minimum atomic E-state index is -4.01. The zero-order valence-electron chi connectivity index (χ0n) is 15.7. The molecule has 0 bridgehead atoms. The highest BCUT2D eigenvalue weighted by atomic mass is 32.2. The fraction of sp³-hybridized carbons (Fsp3) is 0.167. The lowest BCUT2D eigenvalue weighted by atomic mass is 10.2. The molecule has 0 saturated carbocycles. The number of para-hydroxylation sites is 2. The third-order valence-electron chi connectivity index (χ3n) is 4.26. The second-order valence-corrected chi connectivity index (χ2v) is 7.72. The number of aromatic nitrogens is 2. The van der Waals surface area contributed by atoms with Crippen molar-refractivity contribution in [3.63, 3.8) is 0 Å². The summed E-state index contributed by atoms with van der Waals surface area (Å²) < 4.78 is 29.9. The lowest BCUT2D eigenvalue weighted by Gasteiger charge is -2.11. The Kier molecular flexibility index (Phi) is 5.52. The van der Waals surface area contributed by atoms with Crippen LogP contribution in [0.5, 0.6) is 5.75 Å². The average Bonchev–Trinajstić information content (AvgIpc) is 3.00. The van der Waals surface area contributed by atoms with E-state index in [-0.39, 0.29) is 22.6 Å². The minimum Gasteiger partial charge on any atom is -0.496 e. The molecule has 4 N–H and O–H groups in total. The molecule has 0 radical (unpaired) electrons. The molecule has 0 saturated heterocycles. The van der Waals surface area contributed by atoms with E-state index in [0.717, 1.165) is 17.1 Å². The number of methoxy groups -OCH3 is 1. The van der Waals surface area contributed by atoms with E-state index < -0.39 is 21.8 Å². The predicted octanol–water partition coefficient (Wildman–Crippen LogP) is 0.233. The molecule has 1 heterocycles. The SMILES string of the molecule is COc1ccc(S(N)(=O)=O)cc1C(=O)NNC(=O)Cc1nc2ccccc2n1C. The van der Waals surface area contributed by atoms with Crippen LogP contribution >= 0.6 is 0 Å². The molecule has 1 aromatic heterocycles. The maximum absolute atomic E-state index is 12.4. The van der Waals surface area contributed by atoms with E-state index in [0.29, 0.717) is 5.82 Å². The first-order valence-electron chi connectivity index (χ1n) is 8.41. The Morgan fingerprint density at radius 3 is 2.55 bits per heavy atom. The van der Waals surface area contributed by atoms with Crippen molar-refractivity contribution in [2.45, 2.75) is 11.3 Å². The number of sulfonamides is 1. The van der Waals surface area contributed by atoms with E-state index >= 15 is 0 Å². The third-order valence-corrected chi connectivity index (χ3v) is 5.17. The number of nitrogens with two attached hydrogens (primary N) is 1. The van der Waals surface area contributed by atoms with Crippen LogP contribution in [0.25, 0.3) is 11.0 Å². The zero-order valence-corrected chi connectivity index (χ0v) is 16.5. The van der Waals surface area contributed by atoms with E-state index in [2.05, 4.69) is 15.8 Å². The first-order valence-corrected chi connectivity index (χ1v) is 9.95. The Morgan fingerprint density at radius 1 is 1.17 bits per heavy atom. The lowest BCUT2D eigenvalue weighted by molar-refractivity contribution is -0.121. The zero-order chi connectivity index (χ0) is 21.2. The van der Waals surface area contributed by atoms with Crippen LogP contribution < -0.4 is 20.7 Å². The van der Waals surface area contributed by atoms with Crippen molar-refractivity contribution in [2.24, 2.45) is 12.2 Å². The highest BCUT2D eigenvalue weighted by Crippen LogP contribution is 2.21. The molecule has 3 rings (SSSR count). The molecule has 2 amide bonds. The van der Waals surface area contributed by atoms with Gasteiger partial charge in [0.05, 0.1) is 35.0 Å². The number of hydrazine groups is 1. The summed E-state index contributed by atoms with van der Waals surface area (Å²) in [4.78, 5) is 28.8. The summed E-state index contributed by atoms with van der Waals surface area (Å²) in [7, 11) is -0.889. The van der Waals surface area contributed by atoms with Gasteiger partial charge in [0.15, 0.2) is 0 Å². The standard InChI is InChI=1S/C18H19N5O5S/c1-23-14-6-4-3-5-13(14)20-16(23)10-17(24)21-22-18(25)12-9-11(29(19,26)27)7-8-15(12)28-2/h3-9H,10H2,1-2H3,(H,21,24)(H,22,25)(H2,19,26,27). The molecule has 0 atom stereocenters. The maximum Gasteiger partial charge on any atom is 0.273 e. The Labute approximate surface area is 166 Å². The summed E-state index contributed by atoms with van der Waals surface area (Å²) in [5, 5.41) is 5.09. The monoisotopic (exact) mass is 417 g/mol. The van der Waals surface area contributed by atoms with Crippen LogP contribution in [0.2, 0.25) is 0 Å². The number of nitrogens with one attached hydrogen (secondary N) is 2. The predicted molar refractivity (Wildman–Crippen MR) is 104 cm³/mol. The number of amides is 2. The van der Waals surface area contributed by atoms with Crippen LogP contribution in [0.3, 0.4) is 0 Å². The summed E-state index contributed by atoms with van der Waals surface area (Å²) in [6.07, 6.45) is -0.0696. The lowest BCUT2D eigenvalue weighted by Crippen LogP contribution is -2.42. The number of fused-ring (bicyclic) bond motifs is 1. The molecule has 0 aliphatic rings. The quantitative estimate of drug-likeness (QED) is 0.507. The Balaban J connectivity index is 1.71. The number of hydrogen-bond acceptors (Lipinski definition) is 6. The van der Waals surface area contributed by atoms with Gasteiger partial charge in [0.25, 0.3) is 5.91 Å². The summed E-state index contributed by atoms with van der Waals surface area (Å²) in [6, 6.07) is 11.0. The molecule has 0 unspecified atom stereocenters. The minimum absolute atomic E-state index is 0.0696. The van der Waals surface area contributed by atoms with E-state index in [1.165, 1.54) is 19.2 Å². The molecule has 0 aliphatic carbocycles. The van der Waals surface area contributed by atoms with Gasteiger partial charge in [0, 0.05) is 7.05 Å². The number of carbonyl (C=O) groups excluding carboxylic acids is 2. The second kappa shape index (κ2) is 7.89. The Bertz CT molecular complexity index is 1200. The molecular weight excluding hydrogens is 398 g/mol. The van der Waals surface area contributed by atoms with E-state index in [1.807, 2.05) is 24.3 Å². The molecule has 11 heteroatoms. The molecule has 0 fully saturated rings. The number of aryl methyl sites for hydroxylation is 1. The van der Waals surface area contributed by atoms with Crippen molar-refractivity contribution in [3.8, 4) is 5.75 Å². The van der Waals surface area contributed by atoms with Crippen molar-refractivity contribution < 1.29 is 22.7 Å². The van der Waals surface area contributed by atoms with Gasteiger partial charge in [-0.1, -0.05) is 12.1 Å². The first-order chi connectivity index (χ1) is 13.7. The van der Waals surface area contributed by atoms with Gasteiger partial charge < -0.3 is 9.30 Å². The summed E-state index contributed by atoms with van der Waals surface area (Å²) >= 11 is 0. The molecular formula is C18H19N5O5S. The summed E-state index contributed by atoms with van der Waals surface area (Å²) in [5.41, 5.74) is 6.06. The van der Waals surface area contributed by atoms with Crippen LogP contribution in [0.1, 0.15) is 16.2 Å². The van der Waals surface area contributed by atoms with Crippen molar-refractivity contribution >= 4 is 32.9 Å². The van der Waals surface area contributed by atoms with Crippen LogP contribution in [-0.2, 0) is 28.3 Å². The summed E-state index contributed by atoms with van der Waals surface area (Å²) in [5.74, 6) is -0.615. The normalized spacial score (nSPS) is 11.3. The van der Waals surface area contributed by atoms with E-state index in [9.17, 15) is 18.0 Å². The number of imidazole rings is 1. The number of nitrogens with zero attached hydrogens (tertiary/aromatic N) is 2. The maximum atomic E-state index is 12.4. The molecule has 0 spiro atoms. The fourth-order valence-electron chi connectivity index (χ4n) is 2.78. The molecule has 152 valence electrons. The highest BCUT2D eigenvalue weighted by molar-refractivity contribution is 7.89. The van der Waals surface area contributed by atoms with Gasteiger partial charge in [-0.15, -0.1) is 0 Å². The van der Waals surface area contributed by atoms with Crippen LogP contribution in [0.4, 0.5) is 0 Å². The largest absolute Gasteiger partial charge is 0.496 e. The molecule has 3 aromatic rings. The van der Waals surface area contributed by atoms with Gasteiger partial charge >= 0.3 is 0 Å². The number of hydrogen-bond donors (Lipinski definition) is 3. The van der Waals surface area contributed by atoms with Crippen molar-refractivity contribution in [2.75, 3.05) is 7.11 Å². The van der Waals surface area contributed by atoms with Crippen molar-refractivity contribution in [3.05, 3.63) is 53.9 Å². The summed E-state index contributed by atoms with van der Waals surface area (Å²) in [6.45, 7) is 0. The average molecular weight is 417 g/mol. The smallest absolute Gasteiger partial charge is 0.273 e. The first kappa shape index (κ1) is 20.3. The number of primary sulfonamides is 1. The van der Waals surface area contributed by atoms with Gasteiger partial charge in [-0.2, -0.15) is 0 Å². The highest BCUT2D eigenvalue weighted by Gasteiger charge is 2.18. The number of rotatable bonds is 5. The van der Waals surface area contributed by atoms with Crippen LogP contribution in [0, 0.1) is 0 Å². The number of ether oxygens (including phenoxy) is 1. The number of carbonyl (C=O) groups is 2.